The van der Waals surface area contributed by atoms with E-state index in [1.54, 1.807) is 5.43 Å². The molecule has 0 aromatic heterocycles. The van der Waals surface area contributed by atoms with E-state index in [-0.39, 0.29) is 0 Å². The molecule has 2 aromatic rings. The molecular weight excluding hydrogens is 212 g/mol. The molecule has 3 N–H and O–H groups in total. The van der Waals surface area contributed by atoms with Gasteiger partial charge in [-0.2, -0.15) is 0 Å². The van der Waals surface area contributed by atoms with Gasteiger partial charge in [0.2, 0.25) is 6.41 Å². The second kappa shape index (κ2) is 7.19. The van der Waals surface area contributed by atoms with Crippen LogP contribution in [0.3, 0.4) is 0 Å². The molecule has 0 unspecified atom stereocenters. The van der Waals surface area contributed by atoms with Crippen molar-refractivity contribution >= 4 is 6.41 Å². The molecule has 3 heteroatoms. The molecule has 88 valence electrons. The molecule has 0 aliphatic heterocycles. The maximum absolute atomic E-state index is 8.94. The quantitative estimate of drug-likeness (QED) is 0.358. The number of carbonyl (C=O) groups excluding carboxylic acids is 1. The monoisotopic (exact) mass is 228 g/mol. The van der Waals surface area contributed by atoms with Gasteiger partial charge >= 0.3 is 0 Å². The van der Waals surface area contributed by atoms with Crippen molar-refractivity contribution in [3.8, 4) is 11.1 Å². The number of hydrazine groups is 1. The lowest BCUT2D eigenvalue weighted by molar-refractivity contribution is -0.109. The van der Waals surface area contributed by atoms with Crippen LogP contribution in [0.5, 0.6) is 0 Å². The van der Waals surface area contributed by atoms with Gasteiger partial charge in [-0.1, -0.05) is 60.2 Å². The molecule has 1 amide bonds. The van der Waals surface area contributed by atoms with Crippen LogP contribution in [0.25, 0.3) is 11.1 Å². The van der Waals surface area contributed by atoms with Crippen molar-refractivity contribution < 1.29 is 4.79 Å². The largest absolute Gasteiger partial charge is 0.297 e. The maximum atomic E-state index is 8.94. The second-order valence-electron chi connectivity index (χ2n) is 3.52. The number of nitrogens with two attached hydrogens (primary N) is 1. The van der Waals surface area contributed by atoms with Gasteiger partial charge in [0.15, 0.2) is 0 Å². The first-order valence-electron chi connectivity index (χ1n) is 5.30. The van der Waals surface area contributed by atoms with Crippen molar-refractivity contribution in [2.75, 3.05) is 0 Å². The minimum absolute atomic E-state index is 0.403. The van der Waals surface area contributed by atoms with Gasteiger partial charge in [-0.15, -0.1) is 0 Å². The van der Waals surface area contributed by atoms with E-state index in [4.69, 9.17) is 4.79 Å². The predicted octanol–water partition coefficient (Wildman–Crippen LogP) is 2.27. The number of nitrogens with one attached hydrogen (secondary N) is 1. The van der Waals surface area contributed by atoms with Crippen molar-refractivity contribution in [3.63, 3.8) is 0 Å². The zero-order valence-corrected chi connectivity index (χ0v) is 9.76. The van der Waals surface area contributed by atoms with Crippen LogP contribution >= 0.6 is 0 Å². The Labute approximate surface area is 101 Å². The summed E-state index contributed by atoms with van der Waals surface area (Å²) in [6.07, 6.45) is 0.403. The maximum Gasteiger partial charge on any atom is 0.221 e. The number of hydrogen-bond acceptors (Lipinski definition) is 2. The molecule has 3 nitrogen and oxygen atoms in total. The lowest BCUT2D eigenvalue weighted by Crippen LogP contribution is -2.18. The molecule has 17 heavy (non-hydrogen) atoms. The van der Waals surface area contributed by atoms with E-state index in [1.165, 1.54) is 16.7 Å². The lowest BCUT2D eigenvalue weighted by atomic mass is 10.0. The smallest absolute Gasteiger partial charge is 0.221 e. The van der Waals surface area contributed by atoms with E-state index in [0.29, 0.717) is 6.41 Å². The molecule has 0 aliphatic carbocycles. The van der Waals surface area contributed by atoms with Crippen LogP contribution in [0, 0.1) is 6.92 Å². The van der Waals surface area contributed by atoms with E-state index in [9.17, 15) is 0 Å². The minimum atomic E-state index is 0.403. The van der Waals surface area contributed by atoms with Crippen molar-refractivity contribution in [3.05, 3.63) is 60.2 Å². The molecule has 0 aliphatic rings. The number of hydrogen-bond donors (Lipinski definition) is 2. The summed E-state index contributed by atoms with van der Waals surface area (Å²) in [7, 11) is 0. The summed E-state index contributed by atoms with van der Waals surface area (Å²) < 4.78 is 0. The first-order valence-corrected chi connectivity index (χ1v) is 5.30. The molecule has 0 radical (unpaired) electrons. The first-order chi connectivity index (χ1) is 8.27. The molecular formula is C14H16N2O. The Bertz CT molecular complexity index is 438. The number of amides is 1. The Morgan fingerprint density at radius 2 is 1.41 bits per heavy atom. The molecule has 0 saturated heterocycles. The Balaban J connectivity index is 0.000000317. The minimum Gasteiger partial charge on any atom is -0.297 e. The second-order valence-corrected chi connectivity index (χ2v) is 3.52. The highest BCUT2D eigenvalue weighted by Crippen LogP contribution is 2.18. The molecule has 0 bridgehead atoms. The fraction of sp³-hybridized carbons (Fsp3) is 0.0714. The van der Waals surface area contributed by atoms with Crippen LogP contribution in [0.4, 0.5) is 0 Å². The Morgan fingerprint density at radius 1 is 0.941 bits per heavy atom. The van der Waals surface area contributed by atoms with E-state index in [0.717, 1.165) is 0 Å². The standard InChI is InChI=1S/C13H12.CH4N2O/c1-11-7-9-13(10-8-11)12-5-3-2-4-6-12;2-3-1-4/h2-10H,1H3;1H,2H2,(H,3,4). The Morgan fingerprint density at radius 3 is 1.88 bits per heavy atom. The van der Waals surface area contributed by atoms with Gasteiger partial charge in [-0.3, -0.25) is 10.2 Å². The molecule has 0 atom stereocenters. The van der Waals surface area contributed by atoms with Crippen molar-refractivity contribution in [1.29, 1.82) is 0 Å². The first kappa shape index (κ1) is 12.9. The third kappa shape index (κ3) is 4.49. The summed E-state index contributed by atoms with van der Waals surface area (Å²) in [6.45, 7) is 2.11. The SMILES string of the molecule is Cc1ccc(-c2ccccc2)cc1.NNC=O. The van der Waals surface area contributed by atoms with Gasteiger partial charge in [0.05, 0.1) is 0 Å². The molecule has 0 saturated carbocycles. The topological polar surface area (TPSA) is 55.1 Å². The third-order valence-electron chi connectivity index (χ3n) is 2.23. The van der Waals surface area contributed by atoms with E-state index in [2.05, 4.69) is 61.3 Å². The highest BCUT2D eigenvalue weighted by molar-refractivity contribution is 5.63. The van der Waals surface area contributed by atoms with Gasteiger partial charge in [0.25, 0.3) is 0 Å². The zero-order valence-electron chi connectivity index (χ0n) is 9.76. The van der Waals surface area contributed by atoms with Crippen molar-refractivity contribution in [2.24, 2.45) is 5.84 Å². The highest BCUT2D eigenvalue weighted by Gasteiger charge is 1.93. The van der Waals surface area contributed by atoms with E-state index < -0.39 is 0 Å². The number of benzene rings is 2. The molecule has 0 fully saturated rings. The summed E-state index contributed by atoms with van der Waals surface area (Å²) in [5.41, 5.74) is 5.62. The number of aryl methyl sites for hydroxylation is 1. The lowest BCUT2D eigenvalue weighted by Gasteiger charge is -2.00. The Hall–Kier alpha value is -2.13. The fourth-order valence-electron chi connectivity index (χ4n) is 1.38. The van der Waals surface area contributed by atoms with Gasteiger partial charge in [0, 0.05) is 0 Å². The summed E-state index contributed by atoms with van der Waals surface area (Å²) in [5, 5.41) is 0. The van der Waals surface area contributed by atoms with Crippen LogP contribution in [0.1, 0.15) is 5.56 Å². The van der Waals surface area contributed by atoms with Crippen LogP contribution in [0.15, 0.2) is 54.6 Å². The van der Waals surface area contributed by atoms with Crippen LogP contribution in [-0.4, -0.2) is 6.41 Å². The van der Waals surface area contributed by atoms with Gasteiger partial charge in [0.1, 0.15) is 0 Å². The van der Waals surface area contributed by atoms with Crippen LogP contribution < -0.4 is 11.3 Å². The van der Waals surface area contributed by atoms with Gasteiger partial charge in [-0.05, 0) is 18.1 Å². The molecule has 2 aromatic carbocycles. The van der Waals surface area contributed by atoms with Crippen molar-refractivity contribution in [1.82, 2.24) is 5.43 Å². The average Bonchev–Trinajstić information content (AvgIpc) is 2.41. The van der Waals surface area contributed by atoms with E-state index >= 15 is 0 Å². The van der Waals surface area contributed by atoms with Crippen molar-refractivity contribution in [2.45, 2.75) is 6.92 Å². The number of rotatable bonds is 2. The van der Waals surface area contributed by atoms with E-state index in [1.807, 2.05) is 6.07 Å². The highest BCUT2D eigenvalue weighted by atomic mass is 16.1. The average molecular weight is 228 g/mol. The molecule has 0 heterocycles. The van der Waals surface area contributed by atoms with Gasteiger partial charge < -0.3 is 0 Å². The third-order valence-corrected chi connectivity index (χ3v) is 2.23. The Kier molecular flexibility index (Phi) is 5.47. The van der Waals surface area contributed by atoms with Crippen LogP contribution in [-0.2, 0) is 4.79 Å². The predicted molar refractivity (Wildman–Crippen MR) is 70.0 cm³/mol. The summed E-state index contributed by atoms with van der Waals surface area (Å²) in [4.78, 5) is 8.94. The summed E-state index contributed by atoms with van der Waals surface area (Å²) >= 11 is 0. The van der Waals surface area contributed by atoms with Gasteiger partial charge in [-0.25, -0.2) is 5.84 Å². The zero-order chi connectivity index (χ0) is 12.5. The molecule has 2 rings (SSSR count). The number of carbonyl (C=O) groups is 1. The normalized spacial score (nSPS) is 8.82. The fourth-order valence-corrected chi connectivity index (χ4v) is 1.38. The summed E-state index contributed by atoms with van der Waals surface area (Å²) in [5.74, 6) is 4.41. The summed E-state index contributed by atoms with van der Waals surface area (Å²) in [6, 6.07) is 19.0. The molecule has 0 spiro atoms. The van der Waals surface area contributed by atoms with Crippen LogP contribution in [0.2, 0.25) is 0 Å².